The summed E-state index contributed by atoms with van der Waals surface area (Å²) in [4.78, 5) is 20.6. The van der Waals surface area contributed by atoms with E-state index >= 15 is 0 Å². The number of amides is 1. The minimum Gasteiger partial charge on any atom is -0.481 e. The molecular weight excluding hydrogens is 304 g/mol. The Labute approximate surface area is 139 Å². The number of ether oxygens (including phenoxy) is 1. The second-order valence-corrected chi connectivity index (χ2v) is 4.91. The zero-order valence-corrected chi connectivity index (χ0v) is 13.1. The van der Waals surface area contributed by atoms with Crippen molar-refractivity contribution in [1.29, 1.82) is 0 Å². The van der Waals surface area contributed by atoms with Crippen LogP contribution in [0.15, 0.2) is 66.9 Å². The Bertz CT molecular complexity index is 837. The van der Waals surface area contributed by atoms with Crippen LogP contribution in [0.25, 0.3) is 11.1 Å². The molecule has 2 aromatic carbocycles. The van der Waals surface area contributed by atoms with E-state index in [1.807, 2.05) is 48.5 Å². The summed E-state index contributed by atoms with van der Waals surface area (Å²) < 4.78 is 5.02. The van der Waals surface area contributed by atoms with Crippen LogP contribution < -0.4 is 15.6 Å². The van der Waals surface area contributed by atoms with Gasteiger partial charge in [-0.2, -0.15) is 4.98 Å². The molecule has 24 heavy (non-hydrogen) atoms. The summed E-state index contributed by atoms with van der Waals surface area (Å²) in [6.45, 7) is 0. The normalized spacial score (nSPS) is 10.0. The average molecular weight is 320 g/mol. The van der Waals surface area contributed by atoms with E-state index in [1.165, 1.54) is 13.3 Å². The van der Waals surface area contributed by atoms with Gasteiger partial charge in [0.25, 0.3) is 5.91 Å². The fraction of sp³-hybridized carbons (Fsp3) is 0.0556. The van der Waals surface area contributed by atoms with Crippen molar-refractivity contribution in [3.63, 3.8) is 0 Å². The summed E-state index contributed by atoms with van der Waals surface area (Å²) in [6.07, 6.45) is 1.54. The first-order chi connectivity index (χ1) is 11.8. The van der Waals surface area contributed by atoms with Crippen molar-refractivity contribution in [1.82, 2.24) is 15.4 Å². The van der Waals surface area contributed by atoms with Crippen molar-refractivity contribution in [2.24, 2.45) is 0 Å². The largest absolute Gasteiger partial charge is 0.481 e. The van der Waals surface area contributed by atoms with Crippen LogP contribution in [0.4, 0.5) is 5.95 Å². The van der Waals surface area contributed by atoms with E-state index in [4.69, 9.17) is 4.74 Å². The Balaban J connectivity index is 1.78. The molecule has 1 amide bonds. The standard InChI is InChI=1S/C18H16N4O2/c1-24-16-11-12-19-18(20-16)22-21-17(23)15-10-6-5-9-14(15)13-7-3-2-4-8-13/h2-12H,1H3,(H,21,23)(H,19,20,22). The van der Waals surface area contributed by atoms with Crippen LogP contribution in [-0.2, 0) is 0 Å². The van der Waals surface area contributed by atoms with Gasteiger partial charge < -0.3 is 4.74 Å². The summed E-state index contributed by atoms with van der Waals surface area (Å²) in [6, 6.07) is 18.8. The highest BCUT2D eigenvalue weighted by molar-refractivity contribution is 6.01. The van der Waals surface area contributed by atoms with Gasteiger partial charge in [-0.1, -0.05) is 48.5 Å². The van der Waals surface area contributed by atoms with Crippen molar-refractivity contribution in [3.05, 3.63) is 72.4 Å². The van der Waals surface area contributed by atoms with Crippen LogP contribution in [0.2, 0.25) is 0 Å². The van der Waals surface area contributed by atoms with Crippen molar-refractivity contribution >= 4 is 11.9 Å². The van der Waals surface area contributed by atoms with Crippen molar-refractivity contribution in [2.75, 3.05) is 12.5 Å². The van der Waals surface area contributed by atoms with E-state index in [2.05, 4.69) is 20.8 Å². The Morgan fingerprint density at radius 3 is 2.54 bits per heavy atom. The van der Waals surface area contributed by atoms with Gasteiger partial charge in [0.2, 0.25) is 11.8 Å². The smallest absolute Gasteiger partial charge is 0.270 e. The van der Waals surface area contributed by atoms with Gasteiger partial charge in [-0.15, -0.1) is 0 Å². The second kappa shape index (κ2) is 7.23. The third-order valence-corrected chi connectivity index (χ3v) is 3.38. The monoisotopic (exact) mass is 320 g/mol. The number of nitrogens with zero attached hydrogens (tertiary/aromatic N) is 2. The number of anilines is 1. The highest BCUT2D eigenvalue weighted by atomic mass is 16.5. The zero-order valence-electron chi connectivity index (χ0n) is 13.1. The molecule has 0 atom stereocenters. The highest BCUT2D eigenvalue weighted by Gasteiger charge is 2.12. The van der Waals surface area contributed by atoms with E-state index in [1.54, 1.807) is 12.1 Å². The van der Waals surface area contributed by atoms with Crippen LogP contribution in [0.5, 0.6) is 5.88 Å². The number of hydrogen-bond donors (Lipinski definition) is 2. The van der Waals surface area contributed by atoms with Gasteiger partial charge in [-0.3, -0.25) is 15.6 Å². The molecule has 0 radical (unpaired) electrons. The molecule has 3 aromatic rings. The van der Waals surface area contributed by atoms with E-state index < -0.39 is 0 Å². The van der Waals surface area contributed by atoms with E-state index in [9.17, 15) is 4.79 Å². The molecule has 3 rings (SSSR count). The van der Waals surface area contributed by atoms with Crippen molar-refractivity contribution < 1.29 is 9.53 Å². The number of nitrogens with one attached hydrogen (secondary N) is 2. The summed E-state index contributed by atoms with van der Waals surface area (Å²) in [5.74, 6) is 0.382. The summed E-state index contributed by atoms with van der Waals surface area (Å²) >= 11 is 0. The fourth-order valence-corrected chi connectivity index (χ4v) is 2.25. The number of carbonyl (C=O) groups is 1. The molecule has 0 bridgehead atoms. The van der Waals surface area contributed by atoms with Crippen molar-refractivity contribution in [3.8, 4) is 17.0 Å². The lowest BCUT2D eigenvalue weighted by Gasteiger charge is -2.11. The topological polar surface area (TPSA) is 76.1 Å². The fourth-order valence-electron chi connectivity index (χ4n) is 2.25. The predicted octanol–water partition coefficient (Wildman–Crippen LogP) is 2.91. The zero-order chi connectivity index (χ0) is 16.8. The van der Waals surface area contributed by atoms with Crippen LogP contribution in [0.3, 0.4) is 0 Å². The maximum atomic E-state index is 12.5. The molecule has 0 aliphatic rings. The molecule has 0 aliphatic heterocycles. The highest BCUT2D eigenvalue weighted by Crippen LogP contribution is 2.23. The minimum atomic E-state index is -0.277. The Morgan fingerprint density at radius 2 is 1.75 bits per heavy atom. The van der Waals surface area contributed by atoms with Gasteiger partial charge in [0.15, 0.2) is 0 Å². The van der Waals surface area contributed by atoms with Gasteiger partial charge in [0.05, 0.1) is 7.11 Å². The third-order valence-electron chi connectivity index (χ3n) is 3.38. The first-order valence-electron chi connectivity index (χ1n) is 7.36. The molecule has 0 spiro atoms. The molecule has 0 saturated carbocycles. The van der Waals surface area contributed by atoms with Gasteiger partial charge in [0, 0.05) is 17.8 Å². The predicted molar refractivity (Wildman–Crippen MR) is 91.6 cm³/mol. The number of methoxy groups -OCH3 is 1. The Kier molecular flexibility index (Phi) is 4.67. The lowest BCUT2D eigenvalue weighted by Crippen LogP contribution is -2.30. The Hall–Kier alpha value is -3.41. The Morgan fingerprint density at radius 1 is 1.00 bits per heavy atom. The SMILES string of the molecule is COc1ccnc(NNC(=O)c2ccccc2-c2ccccc2)n1. The lowest BCUT2D eigenvalue weighted by atomic mass is 9.99. The summed E-state index contributed by atoms with van der Waals surface area (Å²) in [5, 5.41) is 0. The van der Waals surface area contributed by atoms with Crippen molar-refractivity contribution in [2.45, 2.75) is 0 Å². The molecule has 0 fully saturated rings. The number of hydrazine groups is 1. The quantitative estimate of drug-likeness (QED) is 0.707. The van der Waals surface area contributed by atoms with E-state index in [-0.39, 0.29) is 11.9 Å². The maximum Gasteiger partial charge on any atom is 0.270 e. The molecular formula is C18H16N4O2. The number of hydrogen-bond acceptors (Lipinski definition) is 5. The molecule has 2 N–H and O–H groups in total. The van der Waals surface area contributed by atoms with E-state index in [0.717, 1.165) is 11.1 Å². The molecule has 6 heteroatoms. The van der Waals surface area contributed by atoms with Gasteiger partial charge >= 0.3 is 0 Å². The number of aromatic nitrogens is 2. The number of carbonyl (C=O) groups excluding carboxylic acids is 1. The summed E-state index contributed by atoms with van der Waals surface area (Å²) in [5.41, 5.74) is 7.68. The number of benzene rings is 2. The van der Waals surface area contributed by atoms with Gasteiger partial charge in [-0.25, -0.2) is 4.98 Å². The second-order valence-electron chi connectivity index (χ2n) is 4.91. The van der Waals surface area contributed by atoms with Gasteiger partial charge in [0.1, 0.15) is 0 Å². The molecule has 0 saturated heterocycles. The van der Waals surface area contributed by atoms with Crippen LogP contribution >= 0.6 is 0 Å². The molecule has 0 aliphatic carbocycles. The maximum absolute atomic E-state index is 12.5. The first kappa shape index (κ1) is 15.5. The average Bonchev–Trinajstić information content (AvgIpc) is 2.67. The first-order valence-corrected chi connectivity index (χ1v) is 7.36. The summed E-state index contributed by atoms with van der Waals surface area (Å²) in [7, 11) is 1.51. The van der Waals surface area contributed by atoms with Crippen LogP contribution in [0, 0.1) is 0 Å². The minimum absolute atomic E-state index is 0.250. The molecule has 6 nitrogen and oxygen atoms in total. The number of rotatable bonds is 5. The molecule has 0 unspecified atom stereocenters. The van der Waals surface area contributed by atoms with Crippen LogP contribution in [0.1, 0.15) is 10.4 Å². The molecule has 1 aromatic heterocycles. The third kappa shape index (κ3) is 3.49. The molecule has 120 valence electrons. The molecule has 1 heterocycles. The lowest BCUT2D eigenvalue weighted by molar-refractivity contribution is 0.0963. The van der Waals surface area contributed by atoms with Gasteiger partial charge in [-0.05, 0) is 17.2 Å². The van der Waals surface area contributed by atoms with E-state index in [0.29, 0.717) is 11.4 Å². The van der Waals surface area contributed by atoms with Crippen LogP contribution in [-0.4, -0.2) is 23.0 Å².